The van der Waals surface area contributed by atoms with E-state index in [1.807, 2.05) is 22.9 Å². The third kappa shape index (κ3) is 2.81. The number of nitrogens with zero attached hydrogens (tertiary/aromatic N) is 3. The Morgan fingerprint density at radius 2 is 2.00 bits per heavy atom. The van der Waals surface area contributed by atoms with Crippen LogP contribution in [-0.2, 0) is 6.54 Å². The van der Waals surface area contributed by atoms with Crippen LogP contribution in [0.15, 0.2) is 42.5 Å². The summed E-state index contributed by atoms with van der Waals surface area (Å²) in [6.07, 6.45) is 1.15. The van der Waals surface area contributed by atoms with Gasteiger partial charge < -0.3 is 5.32 Å². The highest BCUT2D eigenvalue weighted by atomic mass is 15.4. The van der Waals surface area contributed by atoms with Crippen LogP contribution in [-0.4, -0.2) is 21.5 Å². The van der Waals surface area contributed by atoms with Crippen molar-refractivity contribution in [2.24, 2.45) is 0 Å². The minimum absolute atomic E-state index is 0.883. The van der Waals surface area contributed by atoms with Gasteiger partial charge >= 0.3 is 0 Å². The molecule has 1 heterocycles. The van der Waals surface area contributed by atoms with Gasteiger partial charge in [-0.05, 0) is 49.2 Å². The van der Waals surface area contributed by atoms with Gasteiger partial charge in [0, 0.05) is 6.54 Å². The maximum absolute atomic E-state index is 4.31. The Kier molecular flexibility index (Phi) is 3.97. The van der Waals surface area contributed by atoms with Crippen LogP contribution in [0.5, 0.6) is 0 Å². The highest BCUT2D eigenvalue weighted by molar-refractivity contribution is 5.76. The van der Waals surface area contributed by atoms with Crippen molar-refractivity contribution >= 4 is 11.0 Å². The number of nitrogens with one attached hydrogen (secondary N) is 1. The van der Waals surface area contributed by atoms with E-state index in [2.05, 4.69) is 53.7 Å². The molecule has 1 N–H and O–H groups in total. The first-order valence-corrected chi connectivity index (χ1v) is 7.40. The SMILES string of the molecule is CCCNCc1ccc(C)c(-n2nnc3ccccc32)c1. The summed E-state index contributed by atoms with van der Waals surface area (Å²) in [5.74, 6) is 0. The van der Waals surface area contributed by atoms with E-state index >= 15 is 0 Å². The first-order valence-electron chi connectivity index (χ1n) is 7.40. The second-order valence-electron chi connectivity index (χ2n) is 5.29. The molecule has 0 aliphatic carbocycles. The standard InChI is InChI=1S/C17H20N4/c1-3-10-18-12-14-9-8-13(2)17(11-14)21-16-7-5-4-6-15(16)19-20-21/h4-9,11,18H,3,10,12H2,1-2H3. The fourth-order valence-electron chi connectivity index (χ4n) is 2.45. The minimum atomic E-state index is 0.883. The van der Waals surface area contributed by atoms with Crippen LogP contribution in [0.2, 0.25) is 0 Å². The van der Waals surface area contributed by atoms with Crippen LogP contribution in [0, 0.1) is 6.92 Å². The van der Waals surface area contributed by atoms with Crippen LogP contribution in [0.4, 0.5) is 0 Å². The lowest BCUT2D eigenvalue weighted by molar-refractivity contribution is 0.674. The summed E-state index contributed by atoms with van der Waals surface area (Å²) >= 11 is 0. The quantitative estimate of drug-likeness (QED) is 0.730. The van der Waals surface area contributed by atoms with Gasteiger partial charge in [-0.1, -0.05) is 36.4 Å². The van der Waals surface area contributed by atoms with Crippen LogP contribution < -0.4 is 5.32 Å². The Labute approximate surface area is 124 Å². The third-order valence-electron chi connectivity index (χ3n) is 3.61. The number of benzene rings is 2. The molecule has 0 spiro atoms. The molecule has 0 saturated carbocycles. The van der Waals surface area contributed by atoms with Gasteiger partial charge in [0.05, 0.1) is 11.2 Å². The zero-order chi connectivity index (χ0) is 14.7. The van der Waals surface area contributed by atoms with Crippen molar-refractivity contribution in [2.75, 3.05) is 6.54 Å². The van der Waals surface area contributed by atoms with Crippen LogP contribution in [0.25, 0.3) is 16.7 Å². The molecule has 0 saturated heterocycles. The van der Waals surface area contributed by atoms with Crippen molar-refractivity contribution in [3.05, 3.63) is 53.6 Å². The Hall–Kier alpha value is -2.20. The van der Waals surface area contributed by atoms with Crippen molar-refractivity contribution in [3.8, 4) is 5.69 Å². The summed E-state index contributed by atoms with van der Waals surface area (Å²) in [4.78, 5) is 0. The third-order valence-corrected chi connectivity index (χ3v) is 3.61. The van der Waals surface area contributed by atoms with Gasteiger partial charge in [0.1, 0.15) is 5.52 Å². The Bertz CT molecular complexity index is 745. The predicted octanol–water partition coefficient (Wildman–Crippen LogP) is 3.23. The molecule has 21 heavy (non-hydrogen) atoms. The lowest BCUT2D eigenvalue weighted by Crippen LogP contribution is -2.14. The van der Waals surface area contributed by atoms with E-state index in [9.17, 15) is 0 Å². The van der Waals surface area contributed by atoms with E-state index in [1.54, 1.807) is 0 Å². The van der Waals surface area contributed by atoms with Gasteiger partial charge in [-0.3, -0.25) is 0 Å². The molecule has 0 bridgehead atoms. The summed E-state index contributed by atoms with van der Waals surface area (Å²) in [7, 11) is 0. The first kappa shape index (κ1) is 13.8. The Balaban J connectivity index is 1.99. The van der Waals surface area contributed by atoms with Gasteiger partial charge in [-0.15, -0.1) is 5.10 Å². The van der Waals surface area contributed by atoms with E-state index in [0.717, 1.165) is 36.2 Å². The summed E-state index contributed by atoms with van der Waals surface area (Å²) in [6.45, 7) is 6.20. The molecule has 3 rings (SSSR count). The number of hydrogen-bond acceptors (Lipinski definition) is 3. The lowest BCUT2D eigenvalue weighted by Gasteiger charge is -2.10. The number of hydrogen-bond donors (Lipinski definition) is 1. The van der Waals surface area contributed by atoms with Crippen LogP contribution in [0.1, 0.15) is 24.5 Å². The number of rotatable bonds is 5. The molecule has 0 radical (unpaired) electrons. The van der Waals surface area contributed by atoms with Crippen molar-refractivity contribution in [1.29, 1.82) is 0 Å². The second kappa shape index (κ2) is 6.06. The monoisotopic (exact) mass is 280 g/mol. The molecule has 1 aromatic heterocycles. The summed E-state index contributed by atoms with van der Waals surface area (Å²) in [5, 5.41) is 12.0. The molecule has 2 aromatic carbocycles. The van der Waals surface area contributed by atoms with Crippen molar-refractivity contribution in [2.45, 2.75) is 26.8 Å². The molecule has 0 aliphatic heterocycles. The molecule has 0 amide bonds. The summed E-state index contributed by atoms with van der Waals surface area (Å²) in [5.41, 5.74) is 5.53. The van der Waals surface area contributed by atoms with Gasteiger partial charge in [-0.25, -0.2) is 4.68 Å². The fourth-order valence-corrected chi connectivity index (χ4v) is 2.45. The molecule has 0 fully saturated rings. The fraction of sp³-hybridized carbons (Fsp3) is 0.294. The van der Waals surface area contributed by atoms with E-state index in [0.29, 0.717) is 0 Å². The molecule has 4 heteroatoms. The number of aromatic nitrogens is 3. The molecule has 0 aliphatic rings. The van der Waals surface area contributed by atoms with E-state index in [4.69, 9.17) is 0 Å². The zero-order valence-corrected chi connectivity index (χ0v) is 12.5. The molecule has 4 nitrogen and oxygen atoms in total. The van der Waals surface area contributed by atoms with Crippen molar-refractivity contribution < 1.29 is 0 Å². The summed E-state index contributed by atoms with van der Waals surface area (Å²) in [6, 6.07) is 14.6. The highest BCUT2D eigenvalue weighted by Gasteiger charge is 2.09. The predicted molar refractivity (Wildman–Crippen MR) is 85.6 cm³/mol. The normalized spacial score (nSPS) is 11.1. The Morgan fingerprint density at radius 3 is 2.86 bits per heavy atom. The van der Waals surface area contributed by atoms with Gasteiger partial charge in [0.15, 0.2) is 0 Å². The molecule has 0 atom stereocenters. The van der Waals surface area contributed by atoms with E-state index < -0.39 is 0 Å². The minimum Gasteiger partial charge on any atom is -0.313 e. The van der Waals surface area contributed by atoms with E-state index in [1.165, 1.54) is 11.1 Å². The summed E-state index contributed by atoms with van der Waals surface area (Å²) < 4.78 is 1.92. The highest BCUT2D eigenvalue weighted by Crippen LogP contribution is 2.20. The molecule has 3 aromatic rings. The number of para-hydroxylation sites is 1. The van der Waals surface area contributed by atoms with Crippen molar-refractivity contribution in [1.82, 2.24) is 20.3 Å². The number of aryl methyl sites for hydroxylation is 1. The topological polar surface area (TPSA) is 42.7 Å². The largest absolute Gasteiger partial charge is 0.313 e. The number of fused-ring (bicyclic) bond motifs is 1. The van der Waals surface area contributed by atoms with Gasteiger partial charge in [0.25, 0.3) is 0 Å². The van der Waals surface area contributed by atoms with Gasteiger partial charge in [0.2, 0.25) is 0 Å². The average molecular weight is 280 g/mol. The molecular weight excluding hydrogens is 260 g/mol. The smallest absolute Gasteiger partial charge is 0.113 e. The van der Waals surface area contributed by atoms with Crippen LogP contribution in [0.3, 0.4) is 0 Å². The lowest BCUT2D eigenvalue weighted by atomic mass is 10.1. The maximum atomic E-state index is 4.31. The van der Waals surface area contributed by atoms with Gasteiger partial charge in [-0.2, -0.15) is 0 Å². The average Bonchev–Trinajstić information content (AvgIpc) is 2.93. The molecule has 108 valence electrons. The Morgan fingerprint density at radius 1 is 1.14 bits per heavy atom. The zero-order valence-electron chi connectivity index (χ0n) is 12.5. The molecule has 0 unspecified atom stereocenters. The van der Waals surface area contributed by atoms with Crippen molar-refractivity contribution in [3.63, 3.8) is 0 Å². The van der Waals surface area contributed by atoms with Crippen LogP contribution >= 0.6 is 0 Å². The second-order valence-corrected chi connectivity index (χ2v) is 5.29. The maximum Gasteiger partial charge on any atom is 0.113 e. The first-order chi connectivity index (χ1) is 10.3. The van der Waals surface area contributed by atoms with E-state index in [-0.39, 0.29) is 0 Å². The molecular formula is C17H20N4.